The molecule has 0 amide bonds. The molecule has 0 aliphatic rings. The maximum atomic E-state index is 11.1. The predicted octanol–water partition coefficient (Wildman–Crippen LogP) is 0.610. The molecule has 16 heavy (non-hydrogen) atoms. The number of hydrogen-bond acceptors (Lipinski definition) is 5. The highest BCUT2D eigenvalue weighted by Gasteiger charge is 2.12. The Morgan fingerprint density at radius 3 is 2.56 bits per heavy atom. The lowest BCUT2D eigenvalue weighted by Gasteiger charge is -2.12. The fraction of sp³-hybridized carbons (Fsp3) is 0.600. The largest absolute Gasteiger partial charge is 0.313 e. The second-order valence-electron chi connectivity index (χ2n) is 3.91. The second-order valence-corrected chi connectivity index (χ2v) is 6.05. The van der Waals surface area contributed by atoms with Crippen LogP contribution in [0.5, 0.6) is 0 Å². The highest BCUT2D eigenvalue weighted by atomic mass is 32.2. The standard InChI is InChI=1S/C10H17N3O2S/c1-7(11-3)9-5-12-10(13-8(9)2)6-16(4,14)15/h5,7,11H,6H2,1-4H3. The number of nitrogens with zero attached hydrogens (tertiary/aromatic N) is 2. The highest BCUT2D eigenvalue weighted by molar-refractivity contribution is 7.89. The molecule has 0 aliphatic heterocycles. The van der Waals surface area contributed by atoms with Gasteiger partial charge in [0.25, 0.3) is 0 Å². The summed E-state index contributed by atoms with van der Waals surface area (Å²) in [5.41, 5.74) is 1.80. The van der Waals surface area contributed by atoms with Crippen LogP contribution in [0.2, 0.25) is 0 Å². The van der Waals surface area contributed by atoms with Crippen molar-refractivity contribution in [3.8, 4) is 0 Å². The fourth-order valence-corrected chi connectivity index (χ4v) is 2.02. The lowest BCUT2D eigenvalue weighted by molar-refractivity contribution is 0.599. The van der Waals surface area contributed by atoms with Crippen molar-refractivity contribution < 1.29 is 8.42 Å². The maximum Gasteiger partial charge on any atom is 0.154 e. The van der Waals surface area contributed by atoms with Crippen LogP contribution in [0.15, 0.2) is 6.20 Å². The van der Waals surface area contributed by atoms with Gasteiger partial charge in [0.15, 0.2) is 9.84 Å². The van der Waals surface area contributed by atoms with Gasteiger partial charge in [0, 0.05) is 29.8 Å². The van der Waals surface area contributed by atoms with E-state index in [1.54, 1.807) is 6.20 Å². The summed E-state index contributed by atoms with van der Waals surface area (Å²) in [6.45, 7) is 3.86. The van der Waals surface area contributed by atoms with Gasteiger partial charge >= 0.3 is 0 Å². The Kier molecular flexibility index (Phi) is 3.98. The zero-order chi connectivity index (χ0) is 12.3. The molecule has 6 heteroatoms. The second kappa shape index (κ2) is 4.88. The van der Waals surface area contributed by atoms with E-state index in [1.165, 1.54) is 6.26 Å². The monoisotopic (exact) mass is 243 g/mol. The summed E-state index contributed by atoms with van der Waals surface area (Å²) >= 11 is 0. The van der Waals surface area contributed by atoms with Crippen LogP contribution in [0.25, 0.3) is 0 Å². The molecule has 1 aromatic rings. The maximum absolute atomic E-state index is 11.1. The molecule has 0 bridgehead atoms. The first-order valence-corrected chi connectivity index (χ1v) is 7.07. The topological polar surface area (TPSA) is 72.0 Å². The fourth-order valence-electron chi connectivity index (χ4n) is 1.41. The molecular formula is C10H17N3O2S. The third kappa shape index (κ3) is 3.53. The van der Waals surface area contributed by atoms with Crippen molar-refractivity contribution >= 4 is 9.84 Å². The van der Waals surface area contributed by atoms with Gasteiger partial charge in [-0.2, -0.15) is 0 Å². The van der Waals surface area contributed by atoms with Gasteiger partial charge in [-0.3, -0.25) is 0 Å². The zero-order valence-electron chi connectivity index (χ0n) is 9.98. The molecule has 1 heterocycles. The molecule has 0 aliphatic carbocycles. The first kappa shape index (κ1) is 13.1. The summed E-state index contributed by atoms with van der Waals surface area (Å²) in [6, 6.07) is 0.160. The van der Waals surface area contributed by atoms with E-state index in [-0.39, 0.29) is 11.8 Å². The van der Waals surface area contributed by atoms with Crippen LogP contribution in [0.3, 0.4) is 0 Å². The molecular weight excluding hydrogens is 226 g/mol. The highest BCUT2D eigenvalue weighted by Crippen LogP contribution is 2.14. The quantitative estimate of drug-likeness (QED) is 0.839. The van der Waals surface area contributed by atoms with Crippen LogP contribution in [-0.4, -0.2) is 31.7 Å². The zero-order valence-corrected chi connectivity index (χ0v) is 10.8. The molecule has 0 fully saturated rings. The van der Waals surface area contributed by atoms with Gasteiger partial charge in [-0.05, 0) is 20.9 Å². The van der Waals surface area contributed by atoms with Crippen molar-refractivity contribution in [2.75, 3.05) is 13.3 Å². The molecule has 0 radical (unpaired) electrons. The van der Waals surface area contributed by atoms with Crippen molar-refractivity contribution in [3.05, 3.63) is 23.3 Å². The Bertz CT molecular complexity index is 471. The van der Waals surface area contributed by atoms with E-state index in [1.807, 2.05) is 20.9 Å². The number of sulfone groups is 1. The number of aryl methyl sites for hydroxylation is 1. The smallest absolute Gasteiger partial charge is 0.154 e. The van der Waals surface area contributed by atoms with E-state index in [9.17, 15) is 8.42 Å². The summed E-state index contributed by atoms with van der Waals surface area (Å²) in [4.78, 5) is 8.26. The average Bonchev–Trinajstić information content (AvgIpc) is 2.14. The van der Waals surface area contributed by atoms with Crippen molar-refractivity contribution in [1.29, 1.82) is 0 Å². The molecule has 0 aromatic carbocycles. The third-order valence-electron chi connectivity index (χ3n) is 2.36. The molecule has 1 unspecified atom stereocenters. The van der Waals surface area contributed by atoms with Crippen molar-refractivity contribution in [1.82, 2.24) is 15.3 Å². The third-order valence-corrected chi connectivity index (χ3v) is 3.14. The average molecular weight is 243 g/mol. The minimum Gasteiger partial charge on any atom is -0.313 e. The van der Waals surface area contributed by atoms with Crippen LogP contribution in [0, 0.1) is 6.92 Å². The van der Waals surface area contributed by atoms with Gasteiger partial charge in [0.05, 0.1) is 0 Å². The molecule has 1 rings (SSSR count). The molecule has 1 atom stereocenters. The van der Waals surface area contributed by atoms with Crippen molar-refractivity contribution in [2.24, 2.45) is 0 Å². The van der Waals surface area contributed by atoms with Gasteiger partial charge in [0.1, 0.15) is 11.6 Å². The molecule has 0 spiro atoms. The van der Waals surface area contributed by atoms with Crippen LogP contribution in [0.4, 0.5) is 0 Å². The Labute approximate surface area is 96.2 Å². The molecule has 5 nitrogen and oxygen atoms in total. The van der Waals surface area contributed by atoms with E-state index in [0.29, 0.717) is 5.82 Å². The Morgan fingerprint density at radius 2 is 2.12 bits per heavy atom. The minimum atomic E-state index is -3.07. The predicted molar refractivity (Wildman–Crippen MR) is 62.8 cm³/mol. The van der Waals surface area contributed by atoms with Crippen molar-refractivity contribution in [2.45, 2.75) is 25.6 Å². The van der Waals surface area contributed by atoms with Gasteiger partial charge < -0.3 is 5.32 Å². The van der Waals surface area contributed by atoms with Gasteiger partial charge in [-0.1, -0.05) is 0 Å². The Hall–Kier alpha value is -1.01. The summed E-state index contributed by atoms with van der Waals surface area (Å²) in [5, 5.41) is 3.09. The number of nitrogens with one attached hydrogen (secondary N) is 1. The number of hydrogen-bond donors (Lipinski definition) is 1. The van der Waals surface area contributed by atoms with E-state index in [2.05, 4.69) is 15.3 Å². The first-order valence-electron chi connectivity index (χ1n) is 5.01. The Morgan fingerprint density at radius 1 is 1.50 bits per heavy atom. The summed E-state index contributed by atoms with van der Waals surface area (Å²) in [5.74, 6) is 0.245. The summed E-state index contributed by atoms with van der Waals surface area (Å²) in [7, 11) is -1.22. The molecule has 90 valence electrons. The number of rotatable bonds is 4. The van der Waals surface area contributed by atoms with Crippen molar-refractivity contribution in [3.63, 3.8) is 0 Å². The SMILES string of the molecule is CNC(C)c1cnc(CS(C)(=O)=O)nc1C. The first-order chi connectivity index (χ1) is 7.33. The molecule has 0 saturated heterocycles. The van der Waals surface area contributed by atoms with E-state index < -0.39 is 9.84 Å². The van der Waals surface area contributed by atoms with Gasteiger partial charge in [-0.15, -0.1) is 0 Å². The van der Waals surface area contributed by atoms with E-state index >= 15 is 0 Å². The van der Waals surface area contributed by atoms with Crippen LogP contribution < -0.4 is 5.32 Å². The number of aromatic nitrogens is 2. The van der Waals surface area contributed by atoms with E-state index in [4.69, 9.17) is 0 Å². The lowest BCUT2D eigenvalue weighted by Crippen LogP contribution is -2.16. The molecule has 0 saturated carbocycles. The lowest BCUT2D eigenvalue weighted by atomic mass is 10.1. The summed E-state index contributed by atoms with van der Waals surface area (Å²) in [6.07, 6.45) is 2.86. The van der Waals surface area contributed by atoms with E-state index in [0.717, 1.165) is 11.3 Å². The minimum absolute atomic E-state index is 0.109. The molecule has 1 N–H and O–H groups in total. The van der Waals surface area contributed by atoms with Gasteiger partial charge in [0.2, 0.25) is 0 Å². The van der Waals surface area contributed by atoms with Crippen LogP contribution in [-0.2, 0) is 15.6 Å². The Balaban J connectivity index is 3.00. The van der Waals surface area contributed by atoms with Gasteiger partial charge in [-0.25, -0.2) is 18.4 Å². The molecule has 1 aromatic heterocycles. The van der Waals surface area contributed by atoms with Crippen LogP contribution >= 0.6 is 0 Å². The van der Waals surface area contributed by atoms with Crippen LogP contribution in [0.1, 0.15) is 30.0 Å². The summed E-state index contributed by atoms with van der Waals surface area (Å²) < 4.78 is 22.2. The normalized spacial score (nSPS) is 13.8.